The molecule has 0 aromatic heterocycles. The summed E-state index contributed by atoms with van der Waals surface area (Å²) < 4.78 is 0. The summed E-state index contributed by atoms with van der Waals surface area (Å²) in [5.74, 6) is 0.217. The molecular weight excluding hydrogens is 319 g/mol. The SMILES string of the molecule is Cl.O=C(NC1CCNCC1)C1(c2ccc(Cl)cc2)CCCC1. The number of rotatable bonds is 3. The smallest absolute Gasteiger partial charge is 0.230 e. The number of hydrogen-bond donors (Lipinski definition) is 2. The second-order valence-corrected chi connectivity index (χ2v) is 6.73. The lowest BCUT2D eigenvalue weighted by molar-refractivity contribution is -0.127. The van der Waals surface area contributed by atoms with Gasteiger partial charge in [0.05, 0.1) is 5.41 Å². The van der Waals surface area contributed by atoms with Crippen molar-refractivity contribution in [3.05, 3.63) is 34.9 Å². The Hall–Kier alpha value is -0.770. The molecule has 22 heavy (non-hydrogen) atoms. The summed E-state index contributed by atoms with van der Waals surface area (Å²) in [7, 11) is 0. The fourth-order valence-corrected chi connectivity index (χ4v) is 3.81. The molecule has 1 heterocycles. The lowest BCUT2D eigenvalue weighted by Gasteiger charge is -2.32. The van der Waals surface area contributed by atoms with E-state index in [1.807, 2.05) is 24.3 Å². The van der Waals surface area contributed by atoms with Gasteiger partial charge in [0.1, 0.15) is 0 Å². The molecule has 0 spiro atoms. The molecule has 1 saturated heterocycles. The van der Waals surface area contributed by atoms with Gasteiger partial charge in [0.15, 0.2) is 0 Å². The minimum atomic E-state index is -0.338. The molecule has 2 N–H and O–H groups in total. The van der Waals surface area contributed by atoms with E-state index in [1.54, 1.807) is 0 Å². The molecule has 1 aromatic rings. The Morgan fingerprint density at radius 3 is 2.32 bits per heavy atom. The highest BCUT2D eigenvalue weighted by atomic mass is 35.5. The monoisotopic (exact) mass is 342 g/mol. The van der Waals surface area contributed by atoms with Gasteiger partial charge in [0.2, 0.25) is 5.91 Å². The normalized spacial score (nSPS) is 21.1. The molecule has 0 atom stereocenters. The van der Waals surface area contributed by atoms with Crippen molar-refractivity contribution in [3.8, 4) is 0 Å². The molecule has 2 fully saturated rings. The van der Waals surface area contributed by atoms with Crippen molar-refractivity contribution < 1.29 is 4.79 Å². The van der Waals surface area contributed by atoms with Crippen LogP contribution < -0.4 is 10.6 Å². The third-order valence-electron chi connectivity index (χ3n) is 4.96. The maximum Gasteiger partial charge on any atom is 0.230 e. The predicted octanol–water partition coefficient (Wildman–Crippen LogP) is 3.44. The van der Waals surface area contributed by atoms with Crippen LogP contribution in [0.5, 0.6) is 0 Å². The minimum Gasteiger partial charge on any atom is -0.353 e. The van der Waals surface area contributed by atoms with Crippen LogP contribution in [0.2, 0.25) is 5.02 Å². The highest BCUT2D eigenvalue weighted by Crippen LogP contribution is 2.41. The van der Waals surface area contributed by atoms with Crippen LogP contribution >= 0.6 is 24.0 Å². The average molecular weight is 343 g/mol. The molecule has 0 radical (unpaired) electrons. The number of piperidine rings is 1. The highest BCUT2D eigenvalue weighted by Gasteiger charge is 2.43. The Morgan fingerprint density at radius 1 is 1.14 bits per heavy atom. The number of benzene rings is 1. The van der Waals surface area contributed by atoms with Crippen LogP contribution in [0.1, 0.15) is 44.1 Å². The van der Waals surface area contributed by atoms with E-state index in [0.29, 0.717) is 6.04 Å². The minimum absolute atomic E-state index is 0. The molecule has 2 aliphatic rings. The van der Waals surface area contributed by atoms with E-state index in [9.17, 15) is 4.79 Å². The van der Waals surface area contributed by atoms with Gasteiger partial charge in [-0.1, -0.05) is 36.6 Å². The Balaban J connectivity index is 0.00000176. The number of nitrogens with one attached hydrogen (secondary N) is 2. The van der Waals surface area contributed by atoms with E-state index in [1.165, 1.54) is 0 Å². The number of hydrogen-bond acceptors (Lipinski definition) is 2. The Morgan fingerprint density at radius 2 is 1.73 bits per heavy atom. The van der Waals surface area contributed by atoms with Gasteiger partial charge in [-0.05, 0) is 56.5 Å². The first kappa shape index (κ1) is 17.6. The first-order valence-corrected chi connectivity index (χ1v) is 8.36. The Labute approximate surface area is 143 Å². The zero-order valence-corrected chi connectivity index (χ0v) is 14.3. The van der Waals surface area contributed by atoms with E-state index >= 15 is 0 Å². The zero-order valence-electron chi connectivity index (χ0n) is 12.7. The largest absolute Gasteiger partial charge is 0.353 e. The van der Waals surface area contributed by atoms with Crippen LogP contribution in [0.25, 0.3) is 0 Å². The molecule has 0 unspecified atom stereocenters. The maximum atomic E-state index is 13.0. The average Bonchev–Trinajstić information content (AvgIpc) is 3.00. The summed E-state index contributed by atoms with van der Waals surface area (Å²) in [4.78, 5) is 13.0. The van der Waals surface area contributed by atoms with Crippen LogP contribution in [0, 0.1) is 0 Å². The van der Waals surface area contributed by atoms with Crippen molar-refractivity contribution in [1.82, 2.24) is 10.6 Å². The van der Waals surface area contributed by atoms with E-state index in [2.05, 4.69) is 10.6 Å². The summed E-state index contributed by atoms with van der Waals surface area (Å²) in [6, 6.07) is 8.16. The summed E-state index contributed by atoms with van der Waals surface area (Å²) in [6.45, 7) is 2.00. The van der Waals surface area contributed by atoms with Crippen LogP contribution in [0.15, 0.2) is 24.3 Å². The standard InChI is InChI=1S/C17H23ClN2O.ClH/c18-14-5-3-13(4-6-14)17(9-1-2-10-17)16(21)20-15-7-11-19-12-8-15;/h3-6,15,19H,1-2,7-12H2,(H,20,21);1H. The fraction of sp³-hybridized carbons (Fsp3) is 0.588. The van der Waals surface area contributed by atoms with Crippen LogP contribution in [0.3, 0.4) is 0 Å². The molecule has 1 amide bonds. The van der Waals surface area contributed by atoms with Crippen molar-refractivity contribution in [3.63, 3.8) is 0 Å². The van der Waals surface area contributed by atoms with Gasteiger partial charge >= 0.3 is 0 Å². The molecule has 1 saturated carbocycles. The highest BCUT2D eigenvalue weighted by molar-refractivity contribution is 6.30. The summed E-state index contributed by atoms with van der Waals surface area (Å²) >= 11 is 5.99. The van der Waals surface area contributed by atoms with Gasteiger partial charge in [0, 0.05) is 11.1 Å². The van der Waals surface area contributed by atoms with Gasteiger partial charge < -0.3 is 10.6 Å². The topological polar surface area (TPSA) is 41.1 Å². The summed E-state index contributed by atoms with van der Waals surface area (Å²) in [5, 5.41) is 7.37. The quantitative estimate of drug-likeness (QED) is 0.883. The number of amides is 1. The second kappa shape index (κ2) is 7.67. The molecule has 122 valence electrons. The molecular formula is C17H24Cl2N2O. The Bertz CT molecular complexity index is 492. The first-order valence-electron chi connectivity index (χ1n) is 7.98. The molecule has 3 rings (SSSR count). The fourth-order valence-electron chi connectivity index (χ4n) is 3.68. The lowest BCUT2D eigenvalue weighted by Crippen LogP contribution is -2.50. The molecule has 1 aliphatic heterocycles. The van der Waals surface area contributed by atoms with Crippen LogP contribution in [-0.2, 0) is 10.2 Å². The molecule has 0 bridgehead atoms. The number of carbonyl (C=O) groups is 1. The summed E-state index contributed by atoms with van der Waals surface area (Å²) in [6.07, 6.45) is 6.21. The third-order valence-corrected chi connectivity index (χ3v) is 5.21. The zero-order chi connectivity index (χ0) is 14.7. The maximum absolute atomic E-state index is 13.0. The number of carbonyl (C=O) groups excluding carboxylic acids is 1. The van der Waals surface area contributed by atoms with Gasteiger partial charge in [-0.2, -0.15) is 0 Å². The Kier molecular flexibility index (Phi) is 6.13. The summed E-state index contributed by atoms with van der Waals surface area (Å²) in [5.41, 5.74) is 0.783. The van der Waals surface area contributed by atoms with E-state index in [-0.39, 0.29) is 23.7 Å². The first-order chi connectivity index (χ1) is 10.2. The van der Waals surface area contributed by atoms with Gasteiger partial charge in [-0.3, -0.25) is 4.79 Å². The molecule has 5 heteroatoms. The number of halogens is 2. The predicted molar refractivity (Wildman–Crippen MR) is 92.9 cm³/mol. The van der Waals surface area contributed by atoms with E-state index < -0.39 is 0 Å². The van der Waals surface area contributed by atoms with Gasteiger partial charge in [-0.15, -0.1) is 12.4 Å². The molecule has 3 nitrogen and oxygen atoms in total. The van der Waals surface area contributed by atoms with Crippen LogP contribution in [-0.4, -0.2) is 25.0 Å². The van der Waals surface area contributed by atoms with Crippen molar-refractivity contribution in [2.24, 2.45) is 0 Å². The molecule has 1 aliphatic carbocycles. The van der Waals surface area contributed by atoms with Gasteiger partial charge in [-0.25, -0.2) is 0 Å². The van der Waals surface area contributed by atoms with Crippen LogP contribution in [0.4, 0.5) is 0 Å². The third kappa shape index (κ3) is 3.58. The van der Waals surface area contributed by atoms with Crippen molar-refractivity contribution in [2.75, 3.05) is 13.1 Å². The lowest BCUT2D eigenvalue weighted by atomic mass is 9.77. The van der Waals surface area contributed by atoms with Crippen molar-refractivity contribution >= 4 is 29.9 Å². The van der Waals surface area contributed by atoms with E-state index in [4.69, 9.17) is 11.6 Å². The van der Waals surface area contributed by atoms with Gasteiger partial charge in [0.25, 0.3) is 0 Å². The van der Waals surface area contributed by atoms with E-state index in [0.717, 1.165) is 62.2 Å². The second-order valence-electron chi connectivity index (χ2n) is 6.29. The molecule has 1 aromatic carbocycles. The van der Waals surface area contributed by atoms with Crippen molar-refractivity contribution in [2.45, 2.75) is 50.0 Å². The van der Waals surface area contributed by atoms with Crippen molar-refractivity contribution in [1.29, 1.82) is 0 Å².